The molecule has 0 saturated carbocycles. The van der Waals surface area contributed by atoms with Crippen LogP contribution in [0.2, 0.25) is 0 Å². The molecule has 0 radical (unpaired) electrons. The molecule has 0 bridgehead atoms. The van der Waals surface area contributed by atoms with Crippen molar-refractivity contribution in [3.63, 3.8) is 0 Å². The van der Waals surface area contributed by atoms with Crippen LogP contribution in [0.25, 0.3) is 93.0 Å². The fourth-order valence-electron chi connectivity index (χ4n) is 6.42. The maximum atomic E-state index is 9.42. The van der Waals surface area contributed by atoms with Gasteiger partial charge in [-0.15, -0.1) is 11.3 Å². The van der Waals surface area contributed by atoms with Gasteiger partial charge in [-0.05, 0) is 46.5 Å². The Kier molecular flexibility index (Phi) is 4.69. The third-order valence-corrected chi connectivity index (χ3v) is 9.85. The van der Waals surface area contributed by atoms with E-state index >= 15 is 0 Å². The van der Waals surface area contributed by atoms with Crippen LogP contribution in [-0.2, 0) is 0 Å². The largest absolute Gasteiger partial charge is 0.276 e. The molecule has 0 aliphatic rings. The first-order valence-electron chi connectivity index (χ1n) is 20.9. The summed E-state index contributed by atoms with van der Waals surface area (Å²) in [4.78, 5) is 15.1. The predicted octanol–water partition coefficient (Wildman–Crippen LogP) is 12.0. The summed E-state index contributed by atoms with van der Waals surface area (Å²) >= 11 is 1.000. The van der Waals surface area contributed by atoms with Crippen LogP contribution in [0.5, 0.6) is 0 Å². The number of benzene rings is 7. The minimum absolute atomic E-state index is 0.0194. The van der Waals surface area contributed by atoms with Crippen LogP contribution in [0.4, 0.5) is 0 Å². The van der Waals surface area contributed by atoms with Crippen LogP contribution in [0.1, 0.15) is 13.7 Å². The van der Waals surface area contributed by atoms with Gasteiger partial charge in [-0.2, -0.15) is 9.97 Å². The quantitative estimate of drug-likeness (QED) is 0.184. The molecule has 0 saturated heterocycles. The number of aromatic nitrogens is 4. The van der Waals surface area contributed by atoms with Gasteiger partial charge in [0.2, 0.25) is 5.95 Å². The monoisotopic (exact) mass is 666 g/mol. The first kappa shape index (κ1) is 20.2. The summed E-state index contributed by atoms with van der Waals surface area (Å²) in [5.74, 6) is 0.471. The van der Waals surface area contributed by atoms with Crippen molar-refractivity contribution in [1.29, 1.82) is 0 Å². The highest BCUT2D eigenvalue weighted by Crippen LogP contribution is 2.43. The average Bonchev–Trinajstić information content (AvgIpc) is 3.87. The zero-order valence-corrected chi connectivity index (χ0v) is 26.9. The van der Waals surface area contributed by atoms with Crippen LogP contribution in [-0.4, -0.2) is 19.5 Å². The molecule has 0 N–H and O–H groups in total. The van der Waals surface area contributed by atoms with E-state index in [1.165, 1.54) is 4.57 Å². The van der Waals surface area contributed by atoms with E-state index in [1.54, 1.807) is 0 Å². The lowest BCUT2D eigenvalue weighted by atomic mass is 10.0. The van der Waals surface area contributed by atoms with Crippen LogP contribution >= 0.6 is 11.3 Å². The molecule has 50 heavy (non-hydrogen) atoms. The Balaban J connectivity index is 1.38. The first-order chi connectivity index (χ1) is 28.9. The highest BCUT2D eigenvalue weighted by atomic mass is 32.1. The van der Waals surface area contributed by atoms with Gasteiger partial charge in [-0.1, -0.05) is 145 Å². The molecule has 234 valence electrons. The lowest BCUT2D eigenvalue weighted by Crippen LogP contribution is -2.06. The molecule has 4 nitrogen and oxygen atoms in total. The van der Waals surface area contributed by atoms with Crippen LogP contribution in [0.3, 0.4) is 0 Å². The molecule has 3 aromatic heterocycles. The summed E-state index contributed by atoms with van der Waals surface area (Å²) in [6.07, 6.45) is 0. The molecule has 0 atom stereocenters. The molecule has 3 heterocycles. The molecule has 0 aliphatic carbocycles. The van der Waals surface area contributed by atoms with Gasteiger partial charge in [0.15, 0.2) is 11.6 Å². The summed E-state index contributed by atoms with van der Waals surface area (Å²) < 4.78 is 91.1. The van der Waals surface area contributed by atoms with Crippen molar-refractivity contribution in [2.75, 3.05) is 0 Å². The molecule has 5 heteroatoms. The maximum Gasteiger partial charge on any atom is 0.238 e. The van der Waals surface area contributed by atoms with E-state index in [-0.39, 0.29) is 83.7 Å². The molecule has 10 rings (SSSR count). The van der Waals surface area contributed by atoms with Gasteiger partial charge >= 0.3 is 0 Å². The highest BCUT2D eigenvalue weighted by Gasteiger charge is 2.21. The Morgan fingerprint density at radius 1 is 0.460 bits per heavy atom. The topological polar surface area (TPSA) is 43.6 Å². The van der Waals surface area contributed by atoms with Gasteiger partial charge < -0.3 is 0 Å². The van der Waals surface area contributed by atoms with E-state index in [0.717, 1.165) is 33.6 Å². The maximum absolute atomic E-state index is 9.42. The third-order valence-electron chi connectivity index (χ3n) is 8.74. The Labute approximate surface area is 306 Å². The Hall–Kier alpha value is -6.43. The zero-order chi connectivity index (χ0) is 41.7. The number of hydrogen-bond donors (Lipinski definition) is 0. The first-order valence-corrected chi connectivity index (χ1v) is 16.7. The van der Waals surface area contributed by atoms with Crippen LogP contribution in [0, 0.1) is 0 Å². The third kappa shape index (κ3) is 4.71. The predicted molar refractivity (Wildman–Crippen MR) is 209 cm³/mol. The second-order valence-electron chi connectivity index (χ2n) is 11.7. The normalized spacial score (nSPS) is 14.4. The van der Waals surface area contributed by atoms with Crippen molar-refractivity contribution in [2.24, 2.45) is 0 Å². The molecule has 0 unspecified atom stereocenters. The summed E-state index contributed by atoms with van der Waals surface area (Å²) in [5.41, 5.74) is 5.15. The van der Waals surface area contributed by atoms with Crippen LogP contribution in [0.15, 0.2) is 170 Å². The van der Waals surface area contributed by atoms with Crippen molar-refractivity contribution in [3.05, 3.63) is 170 Å². The van der Waals surface area contributed by atoms with E-state index in [0.29, 0.717) is 11.1 Å². The van der Waals surface area contributed by atoms with Crippen molar-refractivity contribution >= 4 is 53.3 Å². The van der Waals surface area contributed by atoms with E-state index < -0.39 is 36.3 Å². The fraction of sp³-hybridized carbons (Fsp3) is 0. The smallest absolute Gasteiger partial charge is 0.238 e. The number of thiophene rings is 1. The highest BCUT2D eigenvalue weighted by molar-refractivity contribution is 7.26. The molecule has 10 aromatic rings. The summed E-state index contributed by atoms with van der Waals surface area (Å²) in [6.45, 7) is 0. The Bertz CT molecular complexity index is 3340. The number of nitrogens with zero attached hydrogens (tertiary/aromatic N) is 4. The number of hydrogen-bond acceptors (Lipinski definition) is 4. The zero-order valence-electron chi connectivity index (χ0n) is 36.1. The van der Waals surface area contributed by atoms with E-state index in [2.05, 4.69) is 0 Å². The summed E-state index contributed by atoms with van der Waals surface area (Å²) in [7, 11) is 0. The van der Waals surface area contributed by atoms with Crippen molar-refractivity contribution in [2.45, 2.75) is 0 Å². The van der Waals surface area contributed by atoms with Gasteiger partial charge in [0.25, 0.3) is 0 Å². The average molecular weight is 667 g/mol. The number of fused-ring (bicyclic) bond motifs is 7. The molecule has 7 aromatic carbocycles. The van der Waals surface area contributed by atoms with E-state index in [4.69, 9.17) is 24.5 Å². The SMILES string of the molecule is [2H]c1c([2H])c([2H])c2c(sc3c2c([2H])c([2H])c2c4c([2H])c([2H])c([2H])c([2H])c4n(-c4nc(-c5cccc(-c6ccccc6)c5)nc(-c5cccc(-c6ccccc6)c5)n4)c32)c1[2H]. The molecule has 0 amide bonds. The molecular weight excluding hydrogens is 629 g/mol. The van der Waals surface area contributed by atoms with Crippen molar-refractivity contribution in [1.82, 2.24) is 19.5 Å². The fourth-order valence-corrected chi connectivity index (χ4v) is 7.53. The lowest BCUT2D eigenvalue weighted by molar-refractivity contribution is 0.955. The Morgan fingerprint density at radius 3 is 1.66 bits per heavy atom. The minimum atomic E-state index is -0.527. The molecule has 0 aliphatic heterocycles. The van der Waals surface area contributed by atoms with Crippen molar-refractivity contribution in [3.8, 4) is 51.0 Å². The van der Waals surface area contributed by atoms with Gasteiger partial charge in [0.05, 0.1) is 29.4 Å². The van der Waals surface area contributed by atoms with Gasteiger partial charge in [0.1, 0.15) is 0 Å². The second kappa shape index (κ2) is 11.6. The van der Waals surface area contributed by atoms with Crippen molar-refractivity contribution < 1.29 is 13.7 Å². The Morgan fingerprint density at radius 2 is 1.00 bits per heavy atom. The molecular formula is C45H28N4S. The molecule has 0 spiro atoms. The van der Waals surface area contributed by atoms with Gasteiger partial charge in [-0.3, -0.25) is 4.57 Å². The second-order valence-corrected chi connectivity index (χ2v) is 12.7. The standard InChI is InChI=1S/C45H28N4S/c1-3-13-29(14-4-1)31-17-11-19-33(27-31)43-46-44(34-20-12-18-32(28-34)30-15-5-2-6-16-30)48-45(47-43)49-39-23-9-7-21-35(39)37-25-26-38-36-22-8-10-24-40(36)50-42(38)41(37)49/h1-28H/i7D,8D,9D,10D,21D,22D,23D,24D,25D,26D. The van der Waals surface area contributed by atoms with Gasteiger partial charge in [0, 0.05) is 37.4 Å². The summed E-state index contributed by atoms with van der Waals surface area (Å²) in [5, 5.41) is 0.190. The lowest BCUT2D eigenvalue weighted by Gasteiger charge is -2.12. The van der Waals surface area contributed by atoms with E-state index in [9.17, 15) is 4.11 Å². The van der Waals surface area contributed by atoms with Gasteiger partial charge in [-0.25, -0.2) is 4.98 Å². The van der Waals surface area contributed by atoms with Crippen LogP contribution < -0.4 is 0 Å². The molecule has 0 fully saturated rings. The van der Waals surface area contributed by atoms with E-state index in [1.807, 2.05) is 109 Å². The number of para-hydroxylation sites is 1. The number of rotatable bonds is 5. The minimum Gasteiger partial charge on any atom is -0.276 e. The summed E-state index contributed by atoms with van der Waals surface area (Å²) in [6, 6.07) is 30.9.